The van der Waals surface area contributed by atoms with Gasteiger partial charge < -0.3 is 33.5 Å². The molecule has 8 nitrogen and oxygen atoms in total. The number of ketones is 1. The fraction of sp³-hybridized carbons (Fsp3) is 0.808. The van der Waals surface area contributed by atoms with Gasteiger partial charge in [0.15, 0.2) is 19.4 Å². The lowest BCUT2D eigenvalue weighted by molar-refractivity contribution is -0.264. The highest BCUT2D eigenvalue weighted by atomic mass is 16.9. The summed E-state index contributed by atoms with van der Waals surface area (Å²) in [4.78, 5) is 12.6. The first-order valence-corrected chi connectivity index (χ1v) is 12.5. The molecule has 2 saturated heterocycles. The Morgan fingerprint density at radius 2 is 2.03 bits per heavy atom. The second-order valence-corrected chi connectivity index (χ2v) is 11.5. The van der Waals surface area contributed by atoms with E-state index in [2.05, 4.69) is 13.8 Å². The van der Waals surface area contributed by atoms with Crippen LogP contribution in [0.2, 0.25) is 0 Å². The molecule has 0 aromatic carbocycles. The van der Waals surface area contributed by atoms with Crippen molar-refractivity contribution in [2.45, 2.75) is 69.9 Å². The predicted molar refractivity (Wildman–Crippen MR) is 119 cm³/mol. The number of rotatable bonds is 3. The minimum atomic E-state index is -0.872. The largest absolute Gasteiger partial charge is 0.515 e. The Morgan fingerprint density at radius 1 is 1.21 bits per heavy atom. The topological polar surface area (TPSA) is 92.7 Å². The monoisotopic (exact) mass is 476 g/mol. The first kappa shape index (κ1) is 23.1. The van der Waals surface area contributed by atoms with Crippen LogP contribution in [0.4, 0.5) is 0 Å². The van der Waals surface area contributed by atoms with Crippen molar-refractivity contribution < 1.29 is 38.3 Å². The Bertz CT molecular complexity index is 916. The molecule has 0 aromatic heterocycles. The quantitative estimate of drug-likeness (QED) is 0.375. The van der Waals surface area contributed by atoms with Gasteiger partial charge >= 0.3 is 0 Å². The number of carbonyl (C=O) groups is 1. The van der Waals surface area contributed by atoms with Gasteiger partial charge in [-0.3, -0.25) is 4.79 Å². The summed E-state index contributed by atoms with van der Waals surface area (Å²) in [6, 6.07) is 0. The predicted octanol–water partition coefficient (Wildman–Crippen LogP) is 3.61. The third-order valence-corrected chi connectivity index (χ3v) is 10.4. The Labute approximate surface area is 200 Å². The molecule has 0 radical (unpaired) electrons. The minimum Gasteiger partial charge on any atom is -0.515 e. The van der Waals surface area contributed by atoms with Gasteiger partial charge in [0.05, 0.1) is 12.4 Å². The Kier molecular flexibility index (Phi) is 5.34. The zero-order chi connectivity index (χ0) is 23.8. The van der Waals surface area contributed by atoms with Crippen molar-refractivity contribution in [3.63, 3.8) is 0 Å². The van der Waals surface area contributed by atoms with E-state index >= 15 is 0 Å². The first-order valence-electron chi connectivity index (χ1n) is 12.5. The maximum atomic E-state index is 12.6. The SMILES string of the molecule is COCO[C@H]1C[C@@]2(C)C(CC[C@@]23OCOC32COCO2)C2CCC3=CC(=O)/C(=C\O)C[C@]3(C)C21. The average Bonchev–Trinajstić information content (AvgIpc) is 3.52. The van der Waals surface area contributed by atoms with Gasteiger partial charge in [-0.1, -0.05) is 19.4 Å². The molecule has 6 aliphatic rings. The molecule has 34 heavy (non-hydrogen) atoms. The van der Waals surface area contributed by atoms with Crippen LogP contribution in [0.25, 0.3) is 0 Å². The molecule has 4 unspecified atom stereocenters. The standard InChI is InChI=1S/C26H36O8/c1-23-9-16(11-27)20(28)8-17(23)4-5-18-19-6-7-25(26(34-15-32-25)12-30-14-33-26)24(19,2)10-21(22(18)23)31-13-29-3/h8,11,18-19,21-22,27H,4-7,9-10,12-15H2,1-3H3/b16-11-/t18?,19?,21-,22?,23-,24-,25+,26?/m0/s1. The highest BCUT2D eigenvalue weighted by molar-refractivity contribution is 6.05. The summed E-state index contributed by atoms with van der Waals surface area (Å²) in [6.45, 7) is 5.61. The fourth-order valence-corrected chi connectivity index (χ4v) is 9.04. The van der Waals surface area contributed by atoms with Crippen LogP contribution in [0.1, 0.15) is 52.4 Å². The van der Waals surface area contributed by atoms with Gasteiger partial charge in [-0.2, -0.15) is 0 Å². The van der Waals surface area contributed by atoms with Crippen LogP contribution in [0.3, 0.4) is 0 Å². The van der Waals surface area contributed by atoms with Crippen LogP contribution in [0, 0.1) is 28.6 Å². The van der Waals surface area contributed by atoms with Crippen molar-refractivity contribution in [1.29, 1.82) is 0 Å². The van der Waals surface area contributed by atoms with E-state index in [0.29, 0.717) is 30.4 Å². The average molecular weight is 477 g/mol. The van der Waals surface area contributed by atoms with E-state index in [0.717, 1.165) is 38.4 Å². The number of carbonyl (C=O) groups excluding carboxylic acids is 1. The van der Waals surface area contributed by atoms with Gasteiger partial charge in [-0.05, 0) is 67.8 Å². The van der Waals surface area contributed by atoms with Crippen molar-refractivity contribution in [3.8, 4) is 0 Å². The van der Waals surface area contributed by atoms with Crippen LogP contribution < -0.4 is 0 Å². The lowest BCUT2D eigenvalue weighted by Crippen LogP contribution is -2.66. The molecule has 0 aromatic rings. The second kappa shape index (κ2) is 7.85. The summed E-state index contributed by atoms with van der Waals surface area (Å²) in [5.41, 5.74) is 0.608. The molecule has 1 N–H and O–H groups in total. The molecular weight excluding hydrogens is 440 g/mol. The number of fused-ring (bicyclic) bond motifs is 7. The highest BCUT2D eigenvalue weighted by Gasteiger charge is 2.77. The molecule has 2 heterocycles. The van der Waals surface area contributed by atoms with Gasteiger partial charge in [0, 0.05) is 18.1 Å². The second-order valence-electron chi connectivity index (χ2n) is 11.5. The van der Waals surface area contributed by atoms with Crippen LogP contribution in [-0.4, -0.2) is 62.5 Å². The summed E-state index contributed by atoms with van der Waals surface area (Å²) >= 11 is 0. The van der Waals surface area contributed by atoms with E-state index < -0.39 is 11.4 Å². The van der Waals surface area contributed by atoms with E-state index in [1.165, 1.54) is 5.57 Å². The lowest BCUT2D eigenvalue weighted by atomic mass is 9.45. The fourth-order valence-electron chi connectivity index (χ4n) is 9.04. The van der Waals surface area contributed by atoms with Gasteiger partial charge in [0.25, 0.3) is 0 Å². The number of aliphatic hydroxyl groups is 1. The molecule has 6 rings (SSSR count). The molecule has 5 fully saturated rings. The van der Waals surface area contributed by atoms with Crippen molar-refractivity contribution in [2.75, 3.05) is 34.1 Å². The number of methoxy groups -OCH3 is 1. The zero-order valence-corrected chi connectivity index (χ0v) is 20.3. The lowest BCUT2D eigenvalue weighted by Gasteiger charge is -2.62. The van der Waals surface area contributed by atoms with Gasteiger partial charge in [0.2, 0.25) is 5.79 Å². The maximum Gasteiger partial charge on any atom is 0.226 e. The molecule has 8 atom stereocenters. The van der Waals surface area contributed by atoms with E-state index in [-0.39, 0.29) is 49.0 Å². The Morgan fingerprint density at radius 3 is 2.76 bits per heavy atom. The van der Waals surface area contributed by atoms with Crippen LogP contribution in [-0.2, 0) is 33.2 Å². The summed E-state index contributed by atoms with van der Waals surface area (Å²) in [7, 11) is 1.65. The number of aliphatic hydroxyl groups excluding tert-OH is 1. The number of hydrogen-bond acceptors (Lipinski definition) is 8. The summed E-state index contributed by atoms with van der Waals surface area (Å²) in [5.74, 6) is 0.0557. The minimum absolute atomic E-state index is 0.0694. The molecule has 8 heteroatoms. The molecule has 0 bridgehead atoms. The van der Waals surface area contributed by atoms with Gasteiger partial charge in [0.1, 0.15) is 19.0 Å². The first-order chi connectivity index (χ1) is 16.3. The van der Waals surface area contributed by atoms with Gasteiger partial charge in [-0.15, -0.1) is 0 Å². The number of hydrogen-bond donors (Lipinski definition) is 1. The number of allylic oxidation sites excluding steroid dienone is 2. The Hall–Kier alpha value is -1.29. The van der Waals surface area contributed by atoms with Crippen molar-refractivity contribution >= 4 is 5.78 Å². The molecule has 2 aliphatic heterocycles. The molecule has 0 amide bonds. The summed E-state index contributed by atoms with van der Waals surface area (Å²) in [6.07, 6.45) is 7.78. The Balaban J connectivity index is 1.43. The zero-order valence-electron chi connectivity index (χ0n) is 20.3. The van der Waals surface area contributed by atoms with Crippen LogP contribution in [0.5, 0.6) is 0 Å². The molecule has 2 spiro atoms. The summed E-state index contributed by atoms with van der Waals surface area (Å²) in [5, 5.41) is 9.80. The van der Waals surface area contributed by atoms with Crippen molar-refractivity contribution in [1.82, 2.24) is 0 Å². The molecule has 4 aliphatic carbocycles. The van der Waals surface area contributed by atoms with E-state index in [9.17, 15) is 9.90 Å². The molecule has 3 saturated carbocycles. The molecular formula is C26H36O8. The van der Waals surface area contributed by atoms with E-state index in [1.807, 2.05) is 0 Å². The van der Waals surface area contributed by atoms with Gasteiger partial charge in [-0.25, -0.2) is 0 Å². The van der Waals surface area contributed by atoms with Crippen LogP contribution in [0.15, 0.2) is 23.5 Å². The smallest absolute Gasteiger partial charge is 0.226 e. The van der Waals surface area contributed by atoms with E-state index in [4.69, 9.17) is 28.4 Å². The third-order valence-electron chi connectivity index (χ3n) is 10.4. The van der Waals surface area contributed by atoms with E-state index in [1.54, 1.807) is 13.2 Å². The number of ether oxygens (including phenoxy) is 6. The normalized spacial score (nSPS) is 51.1. The molecule has 188 valence electrons. The van der Waals surface area contributed by atoms with Crippen molar-refractivity contribution in [2.24, 2.45) is 28.6 Å². The maximum absolute atomic E-state index is 12.6. The third kappa shape index (κ3) is 2.78. The van der Waals surface area contributed by atoms with Crippen molar-refractivity contribution in [3.05, 3.63) is 23.5 Å². The van der Waals surface area contributed by atoms with Crippen LogP contribution >= 0.6 is 0 Å². The highest BCUT2D eigenvalue weighted by Crippen LogP contribution is 2.72. The summed E-state index contributed by atoms with van der Waals surface area (Å²) < 4.78 is 36.3.